The molecule has 0 radical (unpaired) electrons. The zero-order valence-electron chi connectivity index (χ0n) is 11.1. The van der Waals surface area contributed by atoms with Crippen molar-refractivity contribution in [3.8, 4) is 5.75 Å². The van der Waals surface area contributed by atoms with E-state index in [4.69, 9.17) is 10.5 Å². The van der Waals surface area contributed by atoms with E-state index in [0.29, 0.717) is 6.04 Å². The molecule has 1 aromatic rings. The summed E-state index contributed by atoms with van der Waals surface area (Å²) in [7, 11) is 1.66. The first kappa shape index (κ1) is 13.4. The number of nitrogens with one attached hydrogen (secondary N) is 1. The van der Waals surface area contributed by atoms with Gasteiger partial charge in [-0.1, -0.05) is 6.42 Å². The van der Waals surface area contributed by atoms with Gasteiger partial charge >= 0.3 is 0 Å². The van der Waals surface area contributed by atoms with Crippen molar-refractivity contribution >= 4 is 23.1 Å². The predicted octanol–water partition coefficient (Wildman–Crippen LogP) is 3.36. The summed E-state index contributed by atoms with van der Waals surface area (Å²) in [6.45, 7) is 0. The summed E-state index contributed by atoms with van der Waals surface area (Å²) in [5.74, 6) is 0.809. The van der Waals surface area contributed by atoms with Gasteiger partial charge in [-0.05, 0) is 37.7 Å². The van der Waals surface area contributed by atoms with Gasteiger partial charge in [0.25, 0.3) is 0 Å². The van der Waals surface area contributed by atoms with Crippen molar-refractivity contribution in [3.05, 3.63) is 18.2 Å². The van der Waals surface area contributed by atoms with Gasteiger partial charge in [0.1, 0.15) is 5.75 Å². The summed E-state index contributed by atoms with van der Waals surface area (Å²) < 4.78 is 5.16. The molecule has 0 aliphatic heterocycles. The fourth-order valence-electron chi connectivity index (χ4n) is 2.51. The van der Waals surface area contributed by atoms with Crippen LogP contribution in [0.15, 0.2) is 18.2 Å². The Morgan fingerprint density at radius 1 is 1.39 bits per heavy atom. The largest absolute Gasteiger partial charge is 0.497 e. The summed E-state index contributed by atoms with van der Waals surface area (Å²) in [6.07, 6.45) is 7.32. The third kappa shape index (κ3) is 3.25. The Balaban J connectivity index is 2.00. The number of rotatable bonds is 4. The molecule has 1 aromatic carbocycles. The molecular formula is C14H22N2OS. The van der Waals surface area contributed by atoms with Crippen molar-refractivity contribution in [2.45, 2.75) is 37.0 Å². The normalized spacial score (nSPS) is 23.7. The maximum absolute atomic E-state index is 6.03. The third-order valence-corrected chi connectivity index (χ3v) is 4.67. The minimum absolute atomic E-state index is 0.548. The minimum atomic E-state index is 0.548. The minimum Gasteiger partial charge on any atom is -0.497 e. The van der Waals surface area contributed by atoms with Gasteiger partial charge in [0.2, 0.25) is 0 Å². The van der Waals surface area contributed by atoms with Crippen molar-refractivity contribution in [2.24, 2.45) is 0 Å². The summed E-state index contributed by atoms with van der Waals surface area (Å²) in [5, 5.41) is 4.36. The monoisotopic (exact) mass is 266 g/mol. The number of anilines is 2. The molecule has 100 valence electrons. The first-order valence-electron chi connectivity index (χ1n) is 6.45. The van der Waals surface area contributed by atoms with Crippen LogP contribution in [0.1, 0.15) is 25.7 Å². The smallest absolute Gasteiger partial charge is 0.121 e. The SMILES string of the molecule is COc1ccc(NC2CCCC(SC)C2)c(N)c1. The molecule has 2 rings (SSSR count). The lowest BCUT2D eigenvalue weighted by Crippen LogP contribution is -2.28. The fourth-order valence-corrected chi connectivity index (χ4v) is 3.34. The van der Waals surface area contributed by atoms with E-state index in [0.717, 1.165) is 22.4 Å². The lowest BCUT2D eigenvalue weighted by molar-refractivity contribution is 0.415. The van der Waals surface area contributed by atoms with Gasteiger partial charge in [-0.3, -0.25) is 0 Å². The maximum Gasteiger partial charge on any atom is 0.121 e. The van der Waals surface area contributed by atoms with Crippen LogP contribution in [0.4, 0.5) is 11.4 Å². The van der Waals surface area contributed by atoms with Gasteiger partial charge in [-0.2, -0.15) is 11.8 Å². The molecule has 0 aromatic heterocycles. The predicted molar refractivity (Wildman–Crippen MR) is 80.6 cm³/mol. The van der Waals surface area contributed by atoms with Crippen LogP contribution in [-0.2, 0) is 0 Å². The highest BCUT2D eigenvalue weighted by Crippen LogP contribution is 2.31. The highest BCUT2D eigenvalue weighted by Gasteiger charge is 2.21. The van der Waals surface area contributed by atoms with E-state index in [1.807, 2.05) is 30.0 Å². The summed E-state index contributed by atoms with van der Waals surface area (Å²) in [6, 6.07) is 6.38. The summed E-state index contributed by atoms with van der Waals surface area (Å²) in [5.41, 5.74) is 7.83. The second kappa shape index (κ2) is 6.23. The highest BCUT2D eigenvalue weighted by molar-refractivity contribution is 7.99. The Kier molecular flexibility index (Phi) is 4.64. The molecule has 4 heteroatoms. The molecular weight excluding hydrogens is 244 g/mol. The van der Waals surface area contributed by atoms with E-state index in [9.17, 15) is 0 Å². The van der Waals surface area contributed by atoms with Crippen LogP contribution in [0.25, 0.3) is 0 Å². The molecule has 0 bridgehead atoms. The molecule has 0 spiro atoms. The van der Waals surface area contributed by atoms with Gasteiger partial charge in [-0.15, -0.1) is 0 Å². The Labute approximate surface area is 113 Å². The standard InChI is InChI=1S/C14H22N2OS/c1-17-11-6-7-14(13(15)9-11)16-10-4-3-5-12(8-10)18-2/h6-7,9-10,12,16H,3-5,8,15H2,1-2H3. The van der Waals surface area contributed by atoms with Crippen molar-refractivity contribution in [1.29, 1.82) is 0 Å². The highest BCUT2D eigenvalue weighted by atomic mass is 32.2. The van der Waals surface area contributed by atoms with Crippen molar-refractivity contribution < 1.29 is 4.74 Å². The Morgan fingerprint density at radius 2 is 2.22 bits per heavy atom. The van der Waals surface area contributed by atoms with Crippen molar-refractivity contribution in [1.82, 2.24) is 0 Å². The fraction of sp³-hybridized carbons (Fsp3) is 0.571. The number of nitrogen functional groups attached to an aromatic ring is 1. The van der Waals surface area contributed by atoms with Crippen LogP contribution >= 0.6 is 11.8 Å². The van der Waals surface area contributed by atoms with Crippen LogP contribution in [0.3, 0.4) is 0 Å². The third-order valence-electron chi connectivity index (χ3n) is 3.58. The van der Waals surface area contributed by atoms with Crippen LogP contribution in [0.5, 0.6) is 5.75 Å². The molecule has 18 heavy (non-hydrogen) atoms. The number of methoxy groups -OCH3 is 1. The van der Waals surface area contributed by atoms with Crippen molar-refractivity contribution in [2.75, 3.05) is 24.4 Å². The van der Waals surface area contributed by atoms with Crippen LogP contribution in [0.2, 0.25) is 0 Å². The zero-order valence-corrected chi connectivity index (χ0v) is 11.9. The number of ether oxygens (including phenoxy) is 1. The van der Waals surface area contributed by atoms with Gasteiger partial charge < -0.3 is 15.8 Å². The second-order valence-corrected chi connectivity index (χ2v) is 5.96. The van der Waals surface area contributed by atoms with Gasteiger partial charge in [0.15, 0.2) is 0 Å². The van der Waals surface area contributed by atoms with Gasteiger partial charge in [0, 0.05) is 17.4 Å². The van der Waals surface area contributed by atoms with E-state index < -0.39 is 0 Å². The summed E-state index contributed by atoms with van der Waals surface area (Å²) in [4.78, 5) is 0. The Hall–Kier alpha value is -1.03. The van der Waals surface area contributed by atoms with E-state index >= 15 is 0 Å². The van der Waals surface area contributed by atoms with E-state index in [1.165, 1.54) is 25.7 Å². The Bertz CT molecular complexity index is 397. The average molecular weight is 266 g/mol. The van der Waals surface area contributed by atoms with Crippen LogP contribution in [0, 0.1) is 0 Å². The van der Waals surface area contributed by atoms with Crippen LogP contribution < -0.4 is 15.8 Å². The van der Waals surface area contributed by atoms with Gasteiger partial charge in [-0.25, -0.2) is 0 Å². The lowest BCUT2D eigenvalue weighted by atomic mass is 9.94. The molecule has 1 aliphatic rings. The lowest BCUT2D eigenvalue weighted by Gasteiger charge is -2.29. The molecule has 1 saturated carbocycles. The average Bonchev–Trinajstić information content (AvgIpc) is 2.41. The quantitative estimate of drug-likeness (QED) is 0.820. The van der Waals surface area contributed by atoms with Gasteiger partial charge in [0.05, 0.1) is 18.5 Å². The van der Waals surface area contributed by atoms with E-state index in [2.05, 4.69) is 11.6 Å². The zero-order chi connectivity index (χ0) is 13.0. The summed E-state index contributed by atoms with van der Waals surface area (Å²) >= 11 is 1.98. The molecule has 3 nitrogen and oxygen atoms in total. The maximum atomic E-state index is 6.03. The Morgan fingerprint density at radius 3 is 2.89 bits per heavy atom. The van der Waals surface area contributed by atoms with Crippen LogP contribution in [-0.4, -0.2) is 24.7 Å². The molecule has 2 unspecified atom stereocenters. The molecule has 0 amide bonds. The molecule has 0 heterocycles. The van der Waals surface area contributed by atoms with E-state index in [1.54, 1.807) is 7.11 Å². The molecule has 0 saturated heterocycles. The molecule has 2 atom stereocenters. The van der Waals surface area contributed by atoms with Crippen molar-refractivity contribution in [3.63, 3.8) is 0 Å². The first-order valence-corrected chi connectivity index (χ1v) is 7.74. The molecule has 3 N–H and O–H groups in total. The number of hydrogen-bond donors (Lipinski definition) is 2. The second-order valence-electron chi connectivity index (χ2n) is 4.82. The molecule has 1 fully saturated rings. The number of nitrogens with two attached hydrogens (primary N) is 1. The first-order chi connectivity index (χ1) is 8.72. The van der Waals surface area contributed by atoms with E-state index in [-0.39, 0.29) is 0 Å². The number of thioether (sulfide) groups is 1. The molecule has 1 aliphatic carbocycles. The number of benzene rings is 1. The topological polar surface area (TPSA) is 47.3 Å². The number of hydrogen-bond acceptors (Lipinski definition) is 4.